The molecular formula is C8H12BrN3OS. The van der Waals surface area contributed by atoms with E-state index in [1.807, 2.05) is 19.2 Å². The number of rotatable bonds is 4. The number of thiazole rings is 1. The van der Waals surface area contributed by atoms with Crippen LogP contribution in [0, 0.1) is 0 Å². The SMILES string of the molecule is CC(C)(CC(N)=O)Nc1nc(Br)cs1. The maximum absolute atomic E-state index is 10.8. The third-order valence-electron chi connectivity index (χ3n) is 1.54. The van der Waals surface area contributed by atoms with Gasteiger partial charge in [-0.3, -0.25) is 4.79 Å². The van der Waals surface area contributed by atoms with E-state index in [-0.39, 0.29) is 17.9 Å². The summed E-state index contributed by atoms with van der Waals surface area (Å²) in [7, 11) is 0. The van der Waals surface area contributed by atoms with E-state index in [0.29, 0.717) is 0 Å². The molecule has 3 N–H and O–H groups in total. The first-order valence-electron chi connectivity index (χ1n) is 4.06. The van der Waals surface area contributed by atoms with E-state index in [1.165, 1.54) is 11.3 Å². The summed E-state index contributed by atoms with van der Waals surface area (Å²) in [5.41, 5.74) is 4.77. The Balaban J connectivity index is 2.63. The van der Waals surface area contributed by atoms with Gasteiger partial charge in [0.05, 0.1) is 0 Å². The molecule has 14 heavy (non-hydrogen) atoms. The van der Waals surface area contributed by atoms with E-state index < -0.39 is 0 Å². The van der Waals surface area contributed by atoms with E-state index in [0.717, 1.165) is 9.73 Å². The van der Waals surface area contributed by atoms with Crippen LogP contribution >= 0.6 is 27.3 Å². The molecule has 6 heteroatoms. The van der Waals surface area contributed by atoms with Crippen molar-refractivity contribution in [3.63, 3.8) is 0 Å². The highest BCUT2D eigenvalue weighted by Crippen LogP contribution is 2.23. The second-order valence-corrected chi connectivity index (χ2v) is 5.30. The summed E-state index contributed by atoms with van der Waals surface area (Å²) in [6, 6.07) is 0. The molecule has 0 saturated carbocycles. The Morgan fingerprint density at radius 3 is 2.86 bits per heavy atom. The Kier molecular flexibility index (Phi) is 3.49. The van der Waals surface area contributed by atoms with Gasteiger partial charge in [-0.05, 0) is 29.8 Å². The lowest BCUT2D eigenvalue weighted by Gasteiger charge is -2.23. The first-order chi connectivity index (χ1) is 6.39. The fraction of sp³-hybridized carbons (Fsp3) is 0.500. The van der Waals surface area contributed by atoms with Crippen LogP contribution in [-0.2, 0) is 4.79 Å². The van der Waals surface area contributed by atoms with Crippen molar-refractivity contribution in [2.24, 2.45) is 5.73 Å². The van der Waals surface area contributed by atoms with Crippen molar-refractivity contribution in [3.8, 4) is 0 Å². The number of primary amides is 1. The Bertz CT molecular complexity index is 337. The Labute approximate surface area is 95.0 Å². The summed E-state index contributed by atoms with van der Waals surface area (Å²) in [5, 5.41) is 5.81. The Morgan fingerprint density at radius 1 is 1.79 bits per heavy atom. The maximum atomic E-state index is 10.8. The van der Waals surface area contributed by atoms with Crippen molar-refractivity contribution in [3.05, 3.63) is 9.98 Å². The molecule has 1 aromatic heterocycles. The van der Waals surface area contributed by atoms with Crippen molar-refractivity contribution in [2.75, 3.05) is 5.32 Å². The fourth-order valence-corrected chi connectivity index (χ4v) is 2.40. The van der Waals surface area contributed by atoms with Crippen LogP contribution in [0.2, 0.25) is 0 Å². The zero-order chi connectivity index (χ0) is 10.8. The summed E-state index contributed by atoms with van der Waals surface area (Å²) >= 11 is 4.74. The van der Waals surface area contributed by atoms with Crippen molar-refractivity contribution in [1.82, 2.24) is 4.98 Å². The summed E-state index contributed by atoms with van der Waals surface area (Å²) in [4.78, 5) is 14.9. The number of carbonyl (C=O) groups excluding carboxylic acids is 1. The number of nitrogens with zero attached hydrogens (tertiary/aromatic N) is 1. The molecule has 78 valence electrons. The number of hydrogen-bond acceptors (Lipinski definition) is 4. The molecule has 1 heterocycles. The summed E-state index contributed by atoms with van der Waals surface area (Å²) in [5.74, 6) is -0.321. The smallest absolute Gasteiger partial charge is 0.219 e. The molecule has 0 aliphatic rings. The number of anilines is 1. The van der Waals surface area contributed by atoms with Gasteiger partial charge in [0.15, 0.2) is 5.13 Å². The van der Waals surface area contributed by atoms with Crippen LogP contribution in [0.4, 0.5) is 5.13 Å². The van der Waals surface area contributed by atoms with Crippen molar-refractivity contribution >= 4 is 38.3 Å². The van der Waals surface area contributed by atoms with E-state index in [2.05, 4.69) is 26.2 Å². The van der Waals surface area contributed by atoms with Gasteiger partial charge in [0.25, 0.3) is 0 Å². The van der Waals surface area contributed by atoms with Crippen LogP contribution in [-0.4, -0.2) is 16.4 Å². The molecule has 0 aromatic carbocycles. The van der Waals surface area contributed by atoms with Gasteiger partial charge in [0.2, 0.25) is 5.91 Å². The van der Waals surface area contributed by atoms with Crippen LogP contribution in [0.3, 0.4) is 0 Å². The van der Waals surface area contributed by atoms with Crippen molar-refractivity contribution in [1.29, 1.82) is 0 Å². The Hall–Kier alpha value is -0.620. The minimum Gasteiger partial charge on any atom is -0.370 e. The van der Waals surface area contributed by atoms with Crippen LogP contribution in [0.1, 0.15) is 20.3 Å². The molecule has 1 amide bonds. The molecule has 4 nitrogen and oxygen atoms in total. The van der Waals surface area contributed by atoms with E-state index in [9.17, 15) is 4.79 Å². The molecule has 1 rings (SSSR count). The lowest BCUT2D eigenvalue weighted by molar-refractivity contribution is -0.118. The monoisotopic (exact) mass is 277 g/mol. The fourth-order valence-electron chi connectivity index (χ4n) is 1.08. The van der Waals surface area contributed by atoms with E-state index in [4.69, 9.17) is 5.73 Å². The number of halogens is 1. The van der Waals surface area contributed by atoms with Gasteiger partial charge in [-0.1, -0.05) is 0 Å². The van der Waals surface area contributed by atoms with E-state index >= 15 is 0 Å². The number of nitrogens with two attached hydrogens (primary N) is 1. The molecule has 0 saturated heterocycles. The second-order valence-electron chi connectivity index (χ2n) is 3.63. The molecule has 0 fully saturated rings. The zero-order valence-corrected chi connectivity index (χ0v) is 10.4. The van der Waals surface area contributed by atoms with E-state index in [1.54, 1.807) is 0 Å². The largest absolute Gasteiger partial charge is 0.370 e. The quantitative estimate of drug-likeness (QED) is 0.884. The van der Waals surface area contributed by atoms with Crippen molar-refractivity contribution < 1.29 is 4.79 Å². The number of hydrogen-bond donors (Lipinski definition) is 2. The van der Waals surface area contributed by atoms with Crippen molar-refractivity contribution in [2.45, 2.75) is 25.8 Å². The normalized spacial score (nSPS) is 11.4. The minimum atomic E-state index is -0.358. The molecule has 1 aromatic rings. The highest BCUT2D eigenvalue weighted by molar-refractivity contribution is 9.10. The molecule has 0 bridgehead atoms. The van der Waals surface area contributed by atoms with Gasteiger partial charge >= 0.3 is 0 Å². The molecule has 0 unspecified atom stereocenters. The minimum absolute atomic E-state index is 0.282. The molecule has 0 aliphatic carbocycles. The van der Waals surface area contributed by atoms with Gasteiger partial charge < -0.3 is 11.1 Å². The molecule has 0 atom stereocenters. The van der Waals surface area contributed by atoms with Crippen LogP contribution in [0.25, 0.3) is 0 Å². The molecule has 0 aliphatic heterocycles. The molecular weight excluding hydrogens is 266 g/mol. The van der Waals surface area contributed by atoms with Crippen LogP contribution < -0.4 is 11.1 Å². The average Bonchev–Trinajstić information content (AvgIpc) is 2.30. The van der Waals surface area contributed by atoms with Gasteiger partial charge in [-0.15, -0.1) is 11.3 Å². The summed E-state index contributed by atoms with van der Waals surface area (Å²) < 4.78 is 0.792. The second kappa shape index (κ2) is 4.27. The molecule has 0 spiro atoms. The Morgan fingerprint density at radius 2 is 2.43 bits per heavy atom. The third-order valence-corrected chi connectivity index (χ3v) is 3.00. The maximum Gasteiger partial charge on any atom is 0.219 e. The van der Waals surface area contributed by atoms with Gasteiger partial charge in [-0.2, -0.15) is 0 Å². The average molecular weight is 278 g/mol. The number of nitrogens with one attached hydrogen (secondary N) is 1. The lowest BCUT2D eigenvalue weighted by Crippen LogP contribution is -2.35. The van der Waals surface area contributed by atoms with Gasteiger partial charge in [-0.25, -0.2) is 4.98 Å². The summed E-state index contributed by atoms with van der Waals surface area (Å²) in [6.07, 6.45) is 0.282. The number of carbonyl (C=O) groups is 1. The number of amides is 1. The number of aromatic nitrogens is 1. The van der Waals surface area contributed by atoms with Gasteiger partial charge in [0.1, 0.15) is 4.60 Å². The summed E-state index contributed by atoms with van der Waals surface area (Å²) in [6.45, 7) is 3.82. The van der Waals surface area contributed by atoms with Crippen LogP contribution in [0.15, 0.2) is 9.98 Å². The highest BCUT2D eigenvalue weighted by Gasteiger charge is 2.21. The first-order valence-corrected chi connectivity index (χ1v) is 5.74. The lowest BCUT2D eigenvalue weighted by atomic mass is 10.0. The van der Waals surface area contributed by atoms with Crippen LogP contribution in [0.5, 0.6) is 0 Å². The molecule has 0 radical (unpaired) electrons. The predicted molar refractivity (Wildman–Crippen MR) is 61.3 cm³/mol. The third kappa shape index (κ3) is 3.63. The standard InChI is InChI=1S/C8H12BrN3OS/c1-8(2,3-6(10)13)12-7-11-5(9)4-14-7/h4H,3H2,1-2H3,(H2,10,13)(H,11,12). The zero-order valence-electron chi connectivity index (χ0n) is 8.00. The van der Waals surface area contributed by atoms with Gasteiger partial charge in [0, 0.05) is 17.3 Å². The highest BCUT2D eigenvalue weighted by atomic mass is 79.9. The predicted octanol–water partition coefficient (Wildman–Crippen LogP) is 1.97. The first kappa shape index (κ1) is 11.5. The topological polar surface area (TPSA) is 68.0 Å².